The molecule has 3 N–H and O–H groups in total. The molecule has 0 spiro atoms. The summed E-state index contributed by atoms with van der Waals surface area (Å²) in [5, 5.41) is 3.50. The van der Waals surface area contributed by atoms with Crippen LogP contribution in [0.15, 0.2) is 18.2 Å². The topological polar surface area (TPSA) is 38.0 Å². The zero-order valence-corrected chi connectivity index (χ0v) is 9.52. The van der Waals surface area contributed by atoms with Crippen LogP contribution in [0, 0.1) is 6.92 Å². The number of nitrogen functional groups attached to an aromatic ring is 1. The van der Waals surface area contributed by atoms with E-state index >= 15 is 0 Å². The minimum atomic E-state index is 0.124. The van der Waals surface area contributed by atoms with E-state index < -0.39 is 0 Å². The maximum Gasteiger partial charge on any atom is 0.0394 e. The Morgan fingerprint density at radius 3 is 2.57 bits per heavy atom. The summed E-state index contributed by atoms with van der Waals surface area (Å²) in [6.07, 6.45) is 1.08. The molecule has 0 saturated carbocycles. The molecule has 1 aromatic rings. The first-order valence-corrected chi connectivity index (χ1v) is 5.09. The van der Waals surface area contributed by atoms with Gasteiger partial charge in [0.2, 0.25) is 0 Å². The summed E-state index contributed by atoms with van der Waals surface area (Å²) < 4.78 is 0. The van der Waals surface area contributed by atoms with Gasteiger partial charge >= 0.3 is 0 Å². The number of hydrogen-bond acceptors (Lipinski definition) is 2. The molecule has 0 aliphatic carbocycles. The van der Waals surface area contributed by atoms with Gasteiger partial charge in [-0.25, -0.2) is 0 Å². The average molecular weight is 192 g/mol. The van der Waals surface area contributed by atoms with E-state index in [0.717, 1.165) is 23.4 Å². The van der Waals surface area contributed by atoms with Crippen LogP contribution in [0.5, 0.6) is 0 Å². The minimum Gasteiger partial charge on any atom is -0.398 e. The first-order valence-electron chi connectivity index (χ1n) is 5.09. The number of nitrogens with two attached hydrogens (primary N) is 1. The lowest BCUT2D eigenvalue weighted by Crippen LogP contribution is -2.30. The first-order chi connectivity index (χ1) is 6.46. The van der Waals surface area contributed by atoms with Crippen molar-refractivity contribution in [3.63, 3.8) is 0 Å². The Hall–Kier alpha value is -1.18. The van der Waals surface area contributed by atoms with Gasteiger partial charge in [0.05, 0.1) is 0 Å². The Morgan fingerprint density at radius 1 is 1.36 bits per heavy atom. The summed E-state index contributed by atoms with van der Waals surface area (Å²) in [6, 6.07) is 5.99. The molecule has 0 atom stereocenters. The third kappa shape index (κ3) is 2.41. The molecule has 0 unspecified atom stereocenters. The van der Waals surface area contributed by atoms with Crippen molar-refractivity contribution in [2.24, 2.45) is 0 Å². The summed E-state index contributed by atoms with van der Waals surface area (Å²) in [5.74, 6) is 0. The summed E-state index contributed by atoms with van der Waals surface area (Å²) in [6.45, 7) is 8.60. The lowest BCUT2D eigenvalue weighted by molar-refractivity contribution is 0.547. The van der Waals surface area contributed by atoms with Crippen LogP contribution < -0.4 is 11.1 Å². The van der Waals surface area contributed by atoms with E-state index in [2.05, 4.69) is 32.2 Å². The van der Waals surface area contributed by atoms with Crippen LogP contribution in [-0.4, -0.2) is 5.54 Å². The predicted octanol–water partition coefficient (Wildman–Crippen LogP) is 3.18. The second-order valence-corrected chi connectivity index (χ2v) is 4.38. The fourth-order valence-electron chi connectivity index (χ4n) is 1.24. The van der Waals surface area contributed by atoms with E-state index in [0.29, 0.717) is 0 Å². The Bertz CT molecular complexity index is 316. The molecule has 0 saturated heterocycles. The zero-order chi connectivity index (χ0) is 10.8. The van der Waals surface area contributed by atoms with Crippen LogP contribution in [0.25, 0.3) is 0 Å². The number of rotatable bonds is 3. The van der Waals surface area contributed by atoms with E-state index in [1.807, 2.05) is 19.1 Å². The smallest absolute Gasteiger partial charge is 0.0394 e. The Balaban J connectivity index is 2.92. The second-order valence-electron chi connectivity index (χ2n) is 4.38. The van der Waals surface area contributed by atoms with E-state index in [1.54, 1.807) is 0 Å². The van der Waals surface area contributed by atoms with Gasteiger partial charge < -0.3 is 11.1 Å². The van der Waals surface area contributed by atoms with Crippen molar-refractivity contribution < 1.29 is 0 Å². The van der Waals surface area contributed by atoms with Crippen LogP contribution >= 0.6 is 0 Å². The van der Waals surface area contributed by atoms with Gasteiger partial charge in [-0.15, -0.1) is 0 Å². The van der Waals surface area contributed by atoms with Crippen molar-refractivity contribution in [2.45, 2.75) is 39.7 Å². The maximum absolute atomic E-state index is 5.84. The molecule has 0 heterocycles. The quantitative estimate of drug-likeness (QED) is 0.722. The monoisotopic (exact) mass is 192 g/mol. The summed E-state index contributed by atoms with van der Waals surface area (Å²) in [7, 11) is 0. The van der Waals surface area contributed by atoms with Gasteiger partial charge in [0, 0.05) is 16.9 Å². The maximum atomic E-state index is 5.84. The zero-order valence-electron chi connectivity index (χ0n) is 9.52. The third-order valence-electron chi connectivity index (χ3n) is 2.73. The van der Waals surface area contributed by atoms with Crippen LogP contribution in [0.3, 0.4) is 0 Å². The highest BCUT2D eigenvalue weighted by Gasteiger charge is 2.15. The first kappa shape index (κ1) is 10.9. The van der Waals surface area contributed by atoms with Crippen LogP contribution in [0.4, 0.5) is 11.4 Å². The Labute approximate surface area is 86.5 Å². The summed E-state index contributed by atoms with van der Waals surface area (Å²) in [4.78, 5) is 0. The standard InChI is InChI=1S/C12H20N2/c1-5-12(3,4)14-11-8-6-7-10(13)9(11)2/h6-8,14H,5,13H2,1-4H3. The molecule has 0 radical (unpaired) electrons. The Kier molecular flexibility index (Phi) is 3.04. The molecule has 1 rings (SSSR count). The number of nitrogens with one attached hydrogen (secondary N) is 1. The second kappa shape index (κ2) is 3.91. The van der Waals surface area contributed by atoms with Gasteiger partial charge in [0.25, 0.3) is 0 Å². The van der Waals surface area contributed by atoms with Gasteiger partial charge in [0.1, 0.15) is 0 Å². The number of hydrogen-bond donors (Lipinski definition) is 2. The molecule has 0 aliphatic heterocycles. The molecular weight excluding hydrogens is 172 g/mol. The SMILES string of the molecule is CCC(C)(C)Nc1cccc(N)c1C. The lowest BCUT2D eigenvalue weighted by Gasteiger charge is -2.27. The molecule has 0 amide bonds. The van der Waals surface area contributed by atoms with Crippen molar-refractivity contribution in [2.75, 3.05) is 11.1 Å². The van der Waals surface area contributed by atoms with Gasteiger partial charge in [-0.1, -0.05) is 13.0 Å². The molecule has 14 heavy (non-hydrogen) atoms. The number of anilines is 2. The molecule has 78 valence electrons. The van der Waals surface area contributed by atoms with Crippen molar-refractivity contribution in [3.05, 3.63) is 23.8 Å². The fraction of sp³-hybridized carbons (Fsp3) is 0.500. The molecule has 2 nitrogen and oxygen atoms in total. The van der Waals surface area contributed by atoms with E-state index in [9.17, 15) is 0 Å². The van der Waals surface area contributed by atoms with Crippen LogP contribution in [-0.2, 0) is 0 Å². The Morgan fingerprint density at radius 2 is 2.00 bits per heavy atom. The van der Waals surface area contributed by atoms with Gasteiger partial charge in [-0.05, 0) is 44.9 Å². The van der Waals surface area contributed by atoms with E-state index in [4.69, 9.17) is 5.73 Å². The van der Waals surface area contributed by atoms with Gasteiger partial charge in [-0.2, -0.15) is 0 Å². The van der Waals surface area contributed by atoms with Gasteiger partial charge in [0.15, 0.2) is 0 Å². The molecule has 0 bridgehead atoms. The normalized spacial score (nSPS) is 11.4. The highest BCUT2D eigenvalue weighted by molar-refractivity contribution is 5.63. The van der Waals surface area contributed by atoms with Crippen molar-refractivity contribution >= 4 is 11.4 Å². The molecule has 0 aliphatic rings. The average Bonchev–Trinajstić information content (AvgIpc) is 2.13. The molecule has 1 aromatic carbocycles. The van der Waals surface area contributed by atoms with Crippen molar-refractivity contribution in [3.8, 4) is 0 Å². The van der Waals surface area contributed by atoms with Crippen LogP contribution in [0.1, 0.15) is 32.8 Å². The molecular formula is C12H20N2. The highest BCUT2D eigenvalue weighted by Crippen LogP contribution is 2.24. The van der Waals surface area contributed by atoms with Crippen molar-refractivity contribution in [1.29, 1.82) is 0 Å². The minimum absolute atomic E-state index is 0.124. The van der Waals surface area contributed by atoms with Gasteiger partial charge in [-0.3, -0.25) is 0 Å². The molecule has 0 aromatic heterocycles. The van der Waals surface area contributed by atoms with Crippen LogP contribution in [0.2, 0.25) is 0 Å². The third-order valence-corrected chi connectivity index (χ3v) is 2.73. The van der Waals surface area contributed by atoms with Crippen molar-refractivity contribution in [1.82, 2.24) is 0 Å². The van der Waals surface area contributed by atoms with E-state index in [-0.39, 0.29) is 5.54 Å². The summed E-state index contributed by atoms with van der Waals surface area (Å²) in [5.41, 5.74) is 9.08. The fourth-order valence-corrected chi connectivity index (χ4v) is 1.24. The lowest BCUT2D eigenvalue weighted by atomic mass is 10.0. The molecule has 2 heteroatoms. The predicted molar refractivity (Wildman–Crippen MR) is 63.6 cm³/mol. The van der Waals surface area contributed by atoms with E-state index in [1.165, 1.54) is 0 Å². The number of benzene rings is 1. The summed E-state index contributed by atoms with van der Waals surface area (Å²) >= 11 is 0. The highest BCUT2D eigenvalue weighted by atomic mass is 15.0. The largest absolute Gasteiger partial charge is 0.398 e. The molecule has 0 fully saturated rings.